The Balaban J connectivity index is 1.96. The molecule has 1 fully saturated rings. The summed E-state index contributed by atoms with van der Waals surface area (Å²) in [5.41, 5.74) is 7.22. The monoisotopic (exact) mass is 277 g/mol. The molecule has 0 saturated heterocycles. The molecule has 0 aromatic heterocycles. The Kier molecular flexibility index (Phi) is 3.09. The van der Waals surface area contributed by atoms with Gasteiger partial charge in [-0.2, -0.15) is 0 Å². The van der Waals surface area contributed by atoms with Crippen LogP contribution in [0.1, 0.15) is 58.1 Å². The highest BCUT2D eigenvalue weighted by Crippen LogP contribution is 2.51. The zero-order valence-corrected chi connectivity index (χ0v) is 12.6. The van der Waals surface area contributed by atoms with Crippen LogP contribution in [0.5, 0.6) is 5.75 Å². The van der Waals surface area contributed by atoms with Crippen molar-refractivity contribution in [1.82, 2.24) is 0 Å². The van der Waals surface area contributed by atoms with Gasteiger partial charge in [0.05, 0.1) is 0 Å². The Hall–Kier alpha value is -1.09. The lowest BCUT2D eigenvalue weighted by atomic mass is 9.63. The first-order valence-corrected chi connectivity index (χ1v) is 7.53. The van der Waals surface area contributed by atoms with Gasteiger partial charge in [-0.3, -0.25) is 0 Å². The molecule has 2 nitrogen and oxygen atoms in total. The minimum absolute atomic E-state index is 0.129. The third-order valence-electron chi connectivity index (χ3n) is 4.71. The van der Waals surface area contributed by atoms with Crippen LogP contribution in [0, 0.1) is 17.2 Å². The summed E-state index contributed by atoms with van der Waals surface area (Å²) in [6, 6.07) is 4.58. The third kappa shape index (κ3) is 2.44. The lowest BCUT2D eigenvalue weighted by Crippen LogP contribution is -2.50. The van der Waals surface area contributed by atoms with E-state index < -0.39 is 0 Å². The zero-order chi connectivity index (χ0) is 14.5. The number of hydrogen-bond donors (Lipinski definition) is 1. The highest BCUT2D eigenvalue weighted by molar-refractivity contribution is 5.39. The number of halogens is 1. The van der Waals surface area contributed by atoms with Crippen LogP contribution in [0.4, 0.5) is 4.39 Å². The van der Waals surface area contributed by atoms with Crippen LogP contribution in [0.3, 0.4) is 0 Å². The summed E-state index contributed by atoms with van der Waals surface area (Å²) in [4.78, 5) is 0. The molecule has 0 bridgehead atoms. The lowest BCUT2D eigenvalue weighted by Gasteiger charge is -2.50. The normalized spacial score (nSPS) is 35.5. The lowest BCUT2D eigenvalue weighted by molar-refractivity contribution is -0.0571. The fraction of sp³-hybridized carbons (Fsp3) is 0.647. The number of hydrogen-bond acceptors (Lipinski definition) is 2. The summed E-state index contributed by atoms with van der Waals surface area (Å²) in [7, 11) is 0. The van der Waals surface area contributed by atoms with Gasteiger partial charge in [0.1, 0.15) is 17.2 Å². The van der Waals surface area contributed by atoms with E-state index in [1.165, 1.54) is 18.6 Å². The summed E-state index contributed by atoms with van der Waals surface area (Å²) >= 11 is 0. The third-order valence-corrected chi connectivity index (χ3v) is 4.71. The second-order valence-electron chi connectivity index (χ2n) is 7.63. The molecule has 1 aliphatic carbocycles. The average molecular weight is 277 g/mol. The molecule has 20 heavy (non-hydrogen) atoms. The maximum atomic E-state index is 13.4. The molecule has 1 spiro atoms. The molecule has 2 N–H and O–H groups in total. The van der Waals surface area contributed by atoms with Crippen molar-refractivity contribution in [3.63, 3.8) is 0 Å². The Labute approximate surface area is 120 Å². The van der Waals surface area contributed by atoms with Crippen LogP contribution in [0.15, 0.2) is 18.2 Å². The van der Waals surface area contributed by atoms with Gasteiger partial charge < -0.3 is 10.5 Å². The molecule has 1 heterocycles. The van der Waals surface area contributed by atoms with E-state index >= 15 is 0 Å². The van der Waals surface area contributed by atoms with Gasteiger partial charge >= 0.3 is 0 Å². The molecule has 1 saturated carbocycles. The largest absolute Gasteiger partial charge is 0.487 e. The molecule has 3 atom stereocenters. The van der Waals surface area contributed by atoms with Gasteiger partial charge in [0.2, 0.25) is 0 Å². The minimum Gasteiger partial charge on any atom is -0.487 e. The van der Waals surface area contributed by atoms with Gasteiger partial charge in [0.15, 0.2) is 0 Å². The molecule has 2 unspecified atom stereocenters. The second-order valence-corrected chi connectivity index (χ2v) is 7.63. The molecule has 3 heteroatoms. The Morgan fingerprint density at radius 2 is 2.00 bits per heavy atom. The number of benzene rings is 1. The molecule has 3 rings (SSSR count). The van der Waals surface area contributed by atoms with E-state index in [0.29, 0.717) is 5.92 Å². The van der Waals surface area contributed by atoms with Gasteiger partial charge in [0, 0.05) is 18.0 Å². The van der Waals surface area contributed by atoms with Crippen molar-refractivity contribution >= 4 is 0 Å². The van der Waals surface area contributed by atoms with Crippen molar-refractivity contribution in [2.75, 3.05) is 0 Å². The SMILES string of the molecule is CC1CC(C)(C)CC2(C1)C[C@@H](N)c1cc(F)ccc1O2. The average Bonchev–Trinajstić information content (AvgIpc) is 2.27. The van der Waals surface area contributed by atoms with Crippen molar-refractivity contribution in [2.24, 2.45) is 17.1 Å². The fourth-order valence-corrected chi connectivity index (χ4v) is 4.59. The predicted molar refractivity (Wildman–Crippen MR) is 78.1 cm³/mol. The molecular formula is C17H24FNO. The maximum absolute atomic E-state index is 13.4. The first kappa shape index (κ1) is 13.9. The van der Waals surface area contributed by atoms with E-state index in [2.05, 4.69) is 20.8 Å². The predicted octanol–water partition coefficient (Wildman–Crippen LogP) is 4.19. The van der Waals surface area contributed by atoms with Gasteiger partial charge in [-0.15, -0.1) is 0 Å². The van der Waals surface area contributed by atoms with Gasteiger partial charge in [-0.25, -0.2) is 4.39 Å². The van der Waals surface area contributed by atoms with Crippen molar-refractivity contribution < 1.29 is 9.13 Å². The molecule has 1 aromatic rings. The topological polar surface area (TPSA) is 35.2 Å². The fourth-order valence-electron chi connectivity index (χ4n) is 4.59. The number of nitrogens with two attached hydrogens (primary N) is 1. The van der Waals surface area contributed by atoms with Crippen LogP contribution in [-0.4, -0.2) is 5.60 Å². The standard InChI is InChI=1S/C17H24FNO/c1-11-7-16(2,3)10-17(8-11)9-14(19)13-6-12(18)4-5-15(13)20-17/h4-6,11,14H,7-10,19H2,1-3H3/t11?,14-,17?/m1/s1. The number of fused-ring (bicyclic) bond motifs is 1. The van der Waals surface area contributed by atoms with E-state index in [1.807, 2.05) is 0 Å². The van der Waals surface area contributed by atoms with Crippen molar-refractivity contribution in [2.45, 2.75) is 58.1 Å². The quantitative estimate of drug-likeness (QED) is 0.771. The Bertz CT molecular complexity index is 528. The Morgan fingerprint density at radius 1 is 1.25 bits per heavy atom. The highest BCUT2D eigenvalue weighted by Gasteiger charge is 2.48. The molecule has 0 radical (unpaired) electrons. The van der Waals surface area contributed by atoms with Crippen LogP contribution >= 0.6 is 0 Å². The molecular weight excluding hydrogens is 253 g/mol. The molecule has 1 aromatic carbocycles. The summed E-state index contributed by atoms with van der Waals surface area (Å²) in [6.07, 6.45) is 4.08. The van der Waals surface area contributed by atoms with Crippen LogP contribution in [0.2, 0.25) is 0 Å². The summed E-state index contributed by atoms with van der Waals surface area (Å²) in [5, 5.41) is 0. The van der Waals surface area contributed by atoms with E-state index in [-0.39, 0.29) is 22.9 Å². The molecule has 2 aliphatic rings. The zero-order valence-electron chi connectivity index (χ0n) is 12.6. The van der Waals surface area contributed by atoms with E-state index in [4.69, 9.17) is 10.5 Å². The van der Waals surface area contributed by atoms with Gasteiger partial charge in [-0.1, -0.05) is 20.8 Å². The second kappa shape index (κ2) is 4.45. The molecule has 1 aliphatic heterocycles. The summed E-state index contributed by atoms with van der Waals surface area (Å²) in [6.45, 7) is 6.90. The van der Waals surface area contributed by atoms with Crippen LogP contribution in [0.25, 0.3) is 0 Å². The summed E-state index contributed by atoms with van der Waals surface area (Å²) in [5.74, 6) is 1.17. The highest BCUT2D eigenvalue weighted by atomic mass is 19.1. The summed E-state index contributed by atoms with van der Waals surface area (Å²) < 4.78 is 19.7. The van der Waals surface area contributed by atoms with E-state index in [0.717, 1.165) is 30.6 Å². The first-order valence-electron chi connectivity index (χ1n) is 7.53. The smallest absolute Gasteiger partial charge is 0.125 e. The Morgan fingerprint density at radius 3 is 2.70 bits per heavy atom. The van der Waals surface area contributed by atoms with Gasteiger partial charge in [0.25, 0.3) is 0 Å². The molecule has 110 valence electrons. The minimum atomic E-state index is -0.240. The van der Waals surface area contributed by atoms with Crippen molar-refractivity contribution in [3.8, 4) is 5.75 Å². The van der Waals surface area contributed by atoms with Crippen molar-refractivity contribution in [1.29, 1.82) is 0 Å². The number of ether oxygens (including phenoxy) is 1. The maximum Gasteiger partial charge on any atom is 0.125 e. The van der Waals surface area contributed by atoms with Crippen LogP contribution in [-0.2, 0) is 0 Å². The van der Waals surface area contributed by atoms with Gasteiger partial charge in [-0.05, 0) is 48.8 Å². The van der Waals surface area contributed by atoms with Crippen LogP contribution < -0.4 is 10.5 Å². The first-order chi connectivity index (χ1) is 9.29. The van der Waals surface area contributed by atoms with E-state index in [1.54, 1.807) is 6.07 Å². The molecule has 0 amide bonds. The number of rotatable bonds is 0. The van der Waals surface area contributed by atoms with Crippen molar-refractivity contribution in [3.05, 3.63) is 29.6 Å². The van der Waals surface area contributed by atoms with E-state index in [9.17, 15) is 4.39 Å².